The molecule has 0 saturated heterocycles. The van der Waals surface area contributed by atoms with Crippen LogP contribution in [0.5, 0.6) is 0 Å². The van der Waals surface area contributed by atoms with E-state index in [4.69, 9.17) is 9.16 Å². The van der Waals surface area contributed by atoms with E-state index in [1.54, 1.807) is 0 Å². The summed E-state index contributed by atoms with van der Waals surface area (Å²) in [6.45, 7) is 18.7. The maximum absolute atomic E-state index is 11.3. The monoisotopic (exact) mass is 288 g/mol. The van der Waals surface area contributed by atoms with Gasteiger partial charge in [-0.3, -0.25) is 0 Å². The van der Waals surface area contributed by atoms with E-state index in [-0.39, 0.29) is 17.4 Å². The third-order valence-corrected chi connectivity index (χ3v) is 9.10. The Bertz CT molecular complexity index is 295. The van der Waals surface area contributed by atoms with Crippen molar-refractivity contribution in [2.45, 2.75) is 64.5 Å². The first-order valence-electron chi connectivity index (χ1n) is 6.55. The van der Waals surface area contributed by atoms with Crippen LogP contribution in [0.15, 0.2) is 12.7 Å². The van der Waals surface area contributed by atoms with Crippen molar-refractivity contribution >= 4 is 22.4 Å². The Labute approximate surface area is 114 Å². The number of hydrogen-bond donors (Lipinski definition) is 0. The van der Waals surface area contributed by atoms with Crippen LogP contribution >= 0.6 is 0 Å². The maximum atomic E-state index is 11.3. The van der Waals surface area contributed by atoms with E-state index in [1.807, 2.05) is 6.92 Å². The van der Waals surface area contributed by atoms with Crippen LogP contribution in [-0.2, 0) is 14.0 Å². The Morgan fingerprint density at radius 2 is 1.78 bits per heavy atom. The summed E-state index contributed by atoms with van der Waals surface area (Å²) in [5.74, 6) is -0.355. The predicted molar refractivity (Wildman–Crippen MR) is 81.7 cm³/mol. The fraction of sp³-hybridized carbons (Fsp3) is 0.769. The van der Waals surface area contributed by atoms with E-state index in [9.17, 15) is 4.79 Å². The van der Waals surface area contributed by atoms with Crippen LogP contribution in [-0.4, -0.2) is 33.8 Å². The molecule has 0 rings (SSSR count). The number of carbonyl (C=O) groups is 1. The largest absolute Gasteiger partial charge is 0.460 e. The van der Waals surface area contributed by atoms with Crippen molar-refractivity contribution in [3.63, 3.8) is 0 Å². The Morgan fingerprint density at radius 3 is 2.11 bits per heavy atom. The van der Waals surface area contributed by atoms with Crippen LogP contribution in [0.3, 0.4) is 0 Å². The quantitative estimate of drug-likeness (QED) is 0.408. The lowest BCUT2D eigenvalue weighted by Crippen LogP contribution is -2.53. The predicted octanol–water partition coefficient (Wildman–Crippen LogP) is 3.52. The number of esters is 1. The average molecular weight is 289 g/mol. The Balaban J connectivity index is 4.76. The van der Waals surface area contributed by atoms with Gasteiger partial charge in [-0.05, 0) is 26.4 Å². The van der Waals surface area contributed by atoms with Crippen LogP contribution in [0.4, 0.5) is 0 Å². The molecule has 0 amide bonds. The molecule has 0 aliphatic rings. The second kappa shape index (κ2) is 6.68. The van der Waals surface area contributed by atoms with Crippen molar-refractivity contribution in [1.29, 1.82) is 0 Å². The van der Waals surface area contributed by atoms with Gasteiger partial charge in [0.1, 0.15) is 5.73 Å². The van der Waals surface area contributed by atoms with Gasteiger partial charge in [-0.1, -0.05) is 33.1 Å². The molecule has 2 atom stereocenters. The summed E-state index contributed by atoms with van der Waals surface area (Å²) in [5, 5.41) is 0. The molecule has 3 nitrogen and oxygen atoms in total. The molecule has 0 aliphatic carbocycles. The van der Waals surface area contributed by atoms with Gasteiger partial charge in [0.15, 0.2) is 0 Å². The van der Waals surface area contributed by atoms with Crippen LogP contribution in [0.2, 0.25) is 32.7 Å². The lowest BCUT2D eigenvalue weighted by Gasteiger charge is -2.37. The van der Waals surface area contributed by atoms with Gasteiger partial charge in [0.2, 0.25) is 8.32 Å². The van der Waals surface area contributed by atoms with Crippen molar-refractivity contribution in [3.05, 3.63) is 12.7 Å². The van der Waals surface area contributed by atoms with E-state index < -0.39 is 16.4 Å². The highest BCUT2D eigenvalue weighted by Crippen LogP contribution is 2.23. The molecule has 0 aromatic carbocycles. The minimum absolute atomic E-state index is 0.109. The first kappa shape index (κ1) is 17.6. The lowest BCUT2D eigenvalue weighted by molar-refractivity contribution is -0.140. The summed E-state index contributed by atoms with van der Waals surface area (Å²) in [6, 6.07) is 0. The number of ether oxygens (including phenoxy) is 1. The normalized spacial score (nSPS) is 15.9. The van der Waals surface area contributed by atoms with Crippen LogP contribution in [0.1, 0.15) is 20.3 Å². The lowest BCUT2D eigenvalue weighted by atomic mass is 10.5. The summed E-state index contributed by atoms with van der Waals surface area (Å²) in [6.07, 6.45) is 2.01. The molecule has 0 radical (unpaired) electrons. The summed E-state index contributed by atoms with van der Waals surface area (Å²) >= 11 is 0. The molecule has 0 N–H and O–H groups in total. The van der Waals surface area contributed by atoms with Gasteiger partial charge in [0, 0.05) is 11.8 Å². The van der Waals surface area contributed by atoms with Crippen molar-refractivity contribution < 1.29 is 14.0 Å². The summed E-state index contributed by atoms with van der Waals surface area (Å²) in [7, 11) is -3.37. The zero-order valence-electron chi connectivity index (χ0n) is 12.9. The Hall–Kier alpha value is -0.396. The van der Waals surface area contributed by atoms with Gasteiger partial charge in [-0.15, -0.1) is 0 Å². The molecule has 0 fully saturated rings. The first-order valence-corrected chi connectivity index (χ1v) is 13.1. The summed E-state index contributed by atoms with van der Waals surface area (Å²) in [4.78, 5) is 11.3. The highest BCUT2D eigenvalue weighted by Gasteiger charge is 2.39. The molecule has 2 unspecified atom stereocenters. The van der Waals surface area contributed by atoms with Crippen molar-refractivity contribution in [2.75, 3.05) is 0 Å². The highest BCUT2D eigenvalue weighted by molar-refractivity contribution is 6.79. The molecule has 0 bridgehead atoms. The second-order valence-corrected chi connectivity index (χ2v) is 15.9. The standard InChI is InChI=1S/C13H28O3Si2/c1-9-12(14)15-13(10-2)18(7,8)16-11(3)17(4,5)6/h9,11,13H,1,10H2,2-8H3. The zero-order chi connectivity index (χ0) is 14.6. The average Bonchev–Trinajstić information content (AvgIpc) is 2.23. The third kappa shape index (κ3) is 5.50. The molecule has 0 aromatic rings. The van der Waals surface area contributed by atoms with Crippen LogP contribution in [0, 0.1) is 0 Å². The molecular formula is C13H28O3Si2. The first-order chi connectivity index (χ1) is 8.04. The van der Waals surface area contributed by atoms with Gasteiger partial charge in [0.05, 0.1) is 8.07 Å². The zero-order valence-corrected chi connectivity index (χ0v) is 14.9. The molecule has 0 saturated carbocycles. The van der Waals surface area contributed by atoms with Gasteiger partial charge in [-0.25, -0.2) is 4.79 Å². The fourth-order valence-electron chi connectivity index (χ4n) is 1.61. The van der Waals surface area contributed by atoms with Gasteiger partial charge >= 0.3 is 5.97 Å². The van der Waals surface area contributed by atoms with Crippen LogP contribution in [0.25, 0.3) is 0 Å². The van der Waals surface area contributed by atoms with E-state index in [0.717, 1.165) is 6.42 Å². The van der Waals surface area contributed by atoms with Crippen molar-refractivity contribution in [3.8, 4) is 0 Å². The molecule has 0 aliphatic heterocycles. The number of hydrogen-bond acceptors (Lipinski definition) is 3. The number of rotatable bonds is 7. The SMILES string of the molecule is C=CC(=O)OC(CC)[Si](C)(C)OC(C)[Si](C)(C)C. The van der Waals surface area contributed by atoms with Crippen LogP contribution < -0.4 is 0 Å². The minimum Gasteiger partial charge on any atom is -0.460 e. The molecular weight excluding hydrogens is 260 g/mol. The molecule has 0 heterocycles. The van der Waals surface area contributed by atoms with E-state index >= 15 is 0 Å². The molecule has 0 aromatic heterocycles. The van der Waals surface area contributed by atoms with Gasteiger partial charge in [0.25, 0.3) is 0 Å². The third-order valence-electron chi connectivity index (χ3n) is 3.27. The number of carbonyl (C=O) groups excluding carboxylic acids is 1. The van der Waals surface area contributed by atoms with E-state index in [2.05, 4.69) is 46.2 Å². The van der Waals surface area contributed by atoms with E-state index in [1.165, 1.54) is 6.08 Å². The van der Waals surface area contributed by atoms with Gasteiger partial charge in [-0.2, -0.15) is 0 Å². The highest BCUT2D eigenvalue weighted by atomic mass is 28.4. The minimum atomic E-state index is -2.04. The Kier molecular flexibility index (Phi) is 6.53. The molecule has 106 valence electrons. The fourth-order valence-corrected chi connectivity index (χ4v) is 6.39. The topological polar surface area (TPSA) is 35.5 Å². The Morgan fingerprint density at radius 1 is 1.28 bits per heavy atom. The van der Waals surface area contributed by atoms with E-state index in [0.29, 0.717) is 0 Å². The molecule has 0 spiro atoms. The summed E-state index contributed by atoms with van der Waals surface area (Å²) in [5.41, 5.74) is 0.164. The smallest absolute Gasteiger partial charge is 0.330 e. The molecule has 5 heteroatoms. The second-order valence-electron chi connectivity index (χ2n) is 6.27. The van der Waals surface area contributed by atoms with Gasteiger partial charge < -0.3 is 9.16 Å². The van der Waals surface area contributed by atoms with Crippen molar-refractivity contribution in [2.24, 2.45) is 0 Å². The summed E-state index contributed by atoms with van der Waals surface area (Å²) < 4.78 is 11.7. The maximum Gasteiger partial charge on any atom is 0.330 e. The molecule has 18 heavy (non-hydrogen) atoms. The van der Waals surface area contributed by atoms with Crippen molar-refractivity contribution in [1.82, 2.24) is 0 Å².